The molecular weight excluding hydrogens is 204 g/mol. The molecule has 2 N–H and O–H groups in total. The third kappa shape index (κ3) is 23.6. The molecule has 0 aromatic carbocycles. The van der Waals surface area contributed by atoms with Gasteiger partial charge in [-0.1, -0.05) is 39.5 Å². The topological polar surface area (TPSA) is 49.7 Å². The van der Waals surface area contributed by atoms with Crippen LogP contribution in [-0.2, 0) is 4.74 Å². The number of ether oxygens (including phenoxy) is 1. The average molecular weight is 234 g/mol. The van der Waals surface area contributed by atoms with Gasteiger partial charge in [0.25, 0.3) is 0 Å². The third-order valence-electron chi connectivity index (χ3n) is 2.10. The summed E-state index contributed by atoms with van der Waals surface area (Å²) in [4.78, 5) is 0. The second-order valence-electron chi connectivity index (χ2n) is 3.83. The molecule has 0 amide bonds. The maximum Gasteiger partial charge on any atom is 0.0466 e. The molecule has 0 spiro atoms. The average Bonchev–Trinajstić information content (AvgIpc) is 2.30. The summed E-state index contributed by atoms with van der Waals surface area (Å²) >= 11 is 0. The van der Waals surface area contributed by atoms with Crippen LogP contribution in [0.2, 0.25) is 0 Å². The van der Waals surface area contributed by atoms with Crippen molar-refractivity contribution in [3.63, 3.8) is 0 Å². The van der Waals surface area contributed by atoms with Crippen molar-refractivity contribution in [1.82, 2.24) is 0 Å². The lowest BCUT2D eigenvalue weighted by atomic mass is 10.2. The highest BCUT2D eigenvalue weighted by Gasteiger charge is 1.88. The molecular formula is C13H30O3. The lowest BCUT2D eigenvalue weighted by Crippen LogP contribution is -1.96. The summed E-state index contributed by atoms with van der Waals surface area (Å²) in [6.07, 6.45) is 8.18. The minimum atomic E-state index is 0.0938. The van der Waals surface area contributed by atoms with Gasteiger partial charge in [-0.15, -0.1) is 0 Å². The van der Waals surface area contributed by atoms with E-state index in [1.807, 2.05) is 0 Å². The van der Waals surface area contributed by atoms with Crippen molar-refractivity contribution in [2.45, 2.75) is 58.8 Å². The highest BCUT2D eigenvalue weighted by atomic mass is 16.5. The Bertz CT molecular complexity index is 87.2. The van der Waals surface area contributed by atoms with Gasteiger partial charge in [0, 0.05) is 26.4 Å². The van der Waals surface area contributed by atoms with E-state index in [0.29, 0.717) is 6.42 Å². The molecule has 0 atom stereocenters. The van der Waals surface area contributed by atoms with Gasteiger partial charge in [-0.25, -0.2) is 0 Å². The standard InChI is InChI=1S/C10H22O.C3H8O2/c1-3-5-7-9-11-10-8-6-4-2;4-2-1-3-5/h3-10H2,1-2H3;4-5H,1-3H2. The van der Waals surface area contributed by atoms with Crippen LogP contribution in [0.5, 0.6) is 0 Å². The molecule has 0 aromatic rings. The van der Waals surface area contributed by atoms with Crippen LogP contribution in [0.15, 0.2) is 0 Å². The molecule has 100 valence electrons. The fourth-order valence-electron chi connectivity index (χ4n) is 1.08. The SMILES string of the molecule is CCCCCOCCCCC.OCCCO. The van der Waals surface area contributed by atoms with Crippen molar-refractivity contribution >= 4 is 0 Å². The molecule has 16 heavy (non-hydrogen) atoms. The first-order valence-electron chi connectivity index (χ1n) is 6.62. The minimum Gasteiger partial charge on any atom is -0.396 e. The lowest BCUT2D eigenvalue weighted by molar-refractivity contribution is 0.126. The van der Waals surface area contributed by atoms with Gasteiger partial charge >= 0.3 is 0 Å². The van der Waals surface area contributed by atoms with Gasteiger partial charge in [0.15, 0.2) is 0 Å². The zero-order valence-corrected chi connectivity index (χ0v) is 11.1. The third-order valence-corrected chi connectivity index (χ3v) is 2.10. The van der Waals surface area contributed by atoms with E-state index in [2.05, 4.69) is 13.8 Å². The Morgan fingerprint density at radius 1 is 0.688 bits per heavy atom. The molecule has 0 rings (SSSR count). The van der Waals surface area contributed by atoms with Crippen LogP contribution in [0.4, 0.5) is 0 Å². The first-order valence-corrected chi connectivity index (χ1v) is 6.62. The molecule has 3 nitrogen and oxygen atoms in total. The molecule has 0 fully saturated rings. The van der Waals surface area contributed by atoms with Crippen LogP contribution in [0.1, 0.15) is 58.8 Å². The number of hydrogen-bond acceptors (Lipinski definition) is 3. The van der Waals surface area contributed by atoms with E-state index < -0.39 is 0 Å². The predicted molar refractivity (Wildman–Crippen MR) is 68.7 cm³/mol. The van der Waals surface area contributed by atoms with Gasteiger partial charge in [0.05, 0.1) is 0 Å². The van der Waals surface area contributed by atoms with Crippen LogP contribution < -0.4 is 0 Å². The van der Waals surface area contributed by atoms with Crippen molar-refractivity contribution in [3.8, 4) is 0 Å². The largest absolute Gasteiger partial charge is 0.396 e. The second kappa shape index (κ2) is 20.3. The zero-order chi connectivity index (χ0) is 12.5. The van der Waals surface area contributed by atoms with E-state index in [9.17, 15) is 0 Å². The molecule has 0 saturated carbocycles. The molecule has 0 radical (unpaired) electrons. The monoisotopic (exact) mass is 234 g/mol. The van der Waals surface area contributed by atoms with Crippen molar-refractivity contribution in [2.75, 3.05) is 26.4 Å². The van der Waals surface area contributed by atoms with E-state index in [4.69, 9.17) is 14.9 Å². The first kappa shape index (κ1) is 18.3. The van der Waals surface area contributed by atoms with Gasteiger partial charge in [0.1, 0.15) is 0 Å². The molecule has 0 heterocycles. The number of aliphatic hydroxyl groups excluding tert-OH is 2. The Labute approximate surface area is 101 Å². The first-order chi connectivity index (χ1) is 7.83. The normalized spacial score (nSPS) is 9.75. The molecule has 3 heteroatoms. The second-order valence-corrected chi connectivity index (χ2v) is 3.83. The van der Waals surface area contributed by atoms with Crippen LogP contribution in [0, 0.1) is 0 Å². The van der Waals surface area contributed by atoms with Crippen molar-refractivity contribution in [3.05, 3.63) is 0 Å². The Morgan fingerprint density at radius 2 is 1.12 bits per heavy atom. The molecule has 0 bridgehead atoms. The van der Waals surface area contributed by atoms with E-state index in [1.54, 1.807) is 0 Å². The smallest absolute Gasteiger partial charge is 0.0466 e. The summed E-state index contributed by atoms with van der Waals surface area (Å²) in [5, 5.41) is 15.8. The van der Waals surface area contributed by atoms with Crippen molar-refractivity contribution < 1.29 is 14.9 Å². The minimum absolute atomic E-state index is 0.0938. The summed E-state index contributed by atoms with van der Waals surface area (Å²) in [5.41, 5.74) is 0. The van der Waals surface area contributed by atoms with E-state index in [-0.39, 0.29) is 13.2 Å². The van der Waals surface area contributed by atoms with Gasteiger partial charge in [-0.05, 0) is 19.3 Å². The van der Waals surface area contributed by atoms with Crippen molar-refractivity contribution in [2.24, 2.45) is 0 Å². The number of rotatable bonds is 10. The summed E-state index contributed by atoms with van der Waals surface area (Å²) in [5.74, 6) is 0. The van der Waals surface area contributed by atoms with E-state index in [1.165, 1.54) is 38.5 Å². The molecule has 0 aromatic heterocycles. The Morgan fingerprint density at radius 3 is 1.38 bits per heavy atom. The zero-order valence-electron chi connectivity index (χ0n) is 11.1. The van der Waals surface area contributed by atoms with Gasteiger partial charge < -0.3 is 14.9 Å². The number of unbranched alkanes of at least 4 members (excludes halogenated alkanes) is 4. The van der Waals surface area contributed by atoms with Gasteiger partial charge in [0.2, 0.25) is 0 Å². The van der Waals surface area contributed by atoms with Crippen LogP contribution >= 0.6 is 0 Å². The van der Waals surface area contributed by atoms with Gasteiger partial charge in [-0.2, -0.15) is 0 Å². The molecule has 0 aliphatic heterocycles. The summed E-state index contributed by atoms with van der Waals surface area (Å²) in [6.45, 7) is 6.57. The number of hydrogen-bond donors (Lipinski definition) is 2. The molecule has 0 saturated heterocycles. The quantitative estimate of drug-likeness (QED) is 0.571. The van der Waals surface area contributed by atoms with Crippen molar-refractivity contribution in [1.29, 1.82) is 0 Å². The Hall–Kier alpha value is -0.120. The van der Waals surface area contributed by atoms with E-state index in [0.717, 1.165) is 13.2 Å². The Kier molecular flexibility index (Phi) is 23.2. The maximum absolute atomic E-state index is 7.91. The van der Waals surface area contributed by atoms with E-state index >= 15 is 0 Å². The molecule has 0 aliphatic carbocycles. The highest BCUT2D eigenvalue weighted by molar-refractivity contribution is 4.38. The van der Waals surface area contributed by atoms with Crippen LogP contribution in [0.3, 0.4) is 0 Å². The maximum atomic E-state index is 7.91. The lowest BCUT2D eigenvalue weighted by Gasteiger charge is -2.01. The molecule has 0 unspecified atom stereocenters. The van der Waals surface area contributed by atoms with Gasteiger partial charge in [-0.3, -0.25) is 0 Å². The summed E-state index contributed by atoms with van der Waals surface area (Å²) < 4.78 is 5.44. The summed E-state index contributed by atoms with van der Waals surface area (Å²) in [7, 11) is 0. The highest BCUT2D eigenvalue weighted by Crippen LogP contribution is 1.97. The fraction of sp³-hybridized carbons (Fsp3) is 1.00. The Balaban J connectivity index is 0. The molecule has 0 aliphatic rings. The predicted octanol–water partition coefficient (Wildman–Crippen LogP) is 2.74. The van der Waals surface area contributed by atoms with Crippen LogP contribution in [-0.4, -0.2) is 36.6 Å². The number of aliphatic hydroxyl groups is 2. The van der Waals surface area contributed by atoms with Crippen LogP contribution in [0.25, 0.3) is 0 Å². The fourth-order valence-corrected chi connectivity index (χ4v) is 1.08. The summed E-state index contributed by atoms with van der Waals surface area (Å²) in [6, 6.07) is 0.